The van der Waals surface area contributed by atoms with E-state index in [4.69, 9.17) is 11.6 Å². The smallest absolute Gasteiger partial charge is 0.0883 e. The van der Waals surface area contributed by atoms with E-state index < -0.39 is 5.60 Å². The quantitative estimate of drug-likeness (QED) is 0.826. The molecule has 1 aliphatic carbocycles. The molecule has 0 aliphatic heterocycles. The second-order valence-electron chi connectivity index (χ2n) is 4.74. The standard InChI is InChI=1S/C13H17ClO/c1-13(15,9-8-10-6-7-10)11-4-2-3-5-12(11)14/h2-5,10,15H,6-9H2,1H3. The Morgan fingerprint density at radius 2 is 2.07 bits per heavy atom. The first-order valence-corrected chi connectivity index (χ1v) is 5.95. The van der Waals surface area contributed by atoms with Gasteiger partial charge in [-0.3, -0.25) is 0 Å². The zero-order valence-corrected chi connectivity index (χ0v) is 9.80. The van der Waals surface area contributed by atoms with Crippen LogP contribution in [0.2, 0.25) is 5.02 Å². The minimum absolute atomic E-state index is 0.665. The van der Waals surface area contributed by atoms with Crippen LogP contribution in [0, 0.1) is 5.92 Å². The highest BCUT2D eigenvalue weighted by Crippen LogP contribution is 2.39. The molecule has 0 bridgehead atoms. The summed E-state index contributed by atoms with van der Waals surface area (Å²) in [5.74, 6) is 0.846. The van der Waals surface area contributed by atoms with Gasteiger partial charge in [0.15, 0.2) is 0 Å². The van der Waals surface area contributed by atoms with Gasteiger partial charge in [0.25, 0.3) is 0 Å². The van der Waals surface area contributed by atoms with Crippen molar-refractivity contribution in [3.8, 4) is 0 Å². The predicted octanol–water partition coefficient (Wildman–Crippen LogP) is 3.74. The molecule has 0 radical (unpaired) electrons. The summed E-state index contributed by atoms with van der Waals surface area (Å²) >= 11 is 6.08. The Morgan fingerprint density at radius 3 is 2.67 bits per heavy atom. The summed E-state index contributed by atoms with van der Waals surface area (Å²) in [7, 11) is 0. The molecule has 1 N–H and O–H groups in total. The van der Waals surface area contributed by atoms with Gasteiger partial charge in [-0.2, -0.15) is 0 Å². The van der Waals surface area contributed by atoms with Crippen molar-refractivity contribution < 1.29 is 5.11 Å². The summed E-state index contributed by atoms with van der Waals surface area (Å²) in [5, 5.41) is 11.0. The largest absolute Gasteiger partial charge is 0.385 e. The molecular formula is C13H17ClO. The van der Waals surface area contributed by atoms with Gasteiger partial charge < -0.3 is 5.11 Å². The highest BCUT2D eigenvalue weighted by molar-refractivity contribution is 6.31. The van der Waals surface area contributed by atoms with Gasteiger partial charge in [-0.25, -0.2) is 0 Å². The average Bonchev–Trinajstić information content (AvgIpc) is 2.99. The van der Waals surface area contributed by atoms with Gasteiger partial charge in [0.1, 0.15) is 0 Å². The molecule has 1 fully saturated rings. The maximum Gasteiger partial charge on any atom is 0.0883 e. The van der Waals surface area contributed by atoms with Crippen LogP contribution in [0.5, 0.6) is 0 Å². The monoisotopic (exact) mass is 224 g/mol. The number of aliphatic hydroxyl groups is 1. The lowest BCUT2D eigenvalue weighted by Crippen LogP contribution is -2.21. The van der Waals surface area contributed by atoms with E-state index in [9.17, 15) is 5.11 Å². The molecule has 1 aromatic rings. The molecule has 1 aliphatic rings. The molecule has 1 aromatic carbocycles. The van der Waals surface area contributed by atoms with Crippen molar-refractivity contribution in [1.29, 1.82) is 0 Å². The van der Waals surface area contributed by atoms with Crippen LogP contribution in [0.1, 0.15) is 38.2 Å². The first-order chi connectivity index (χ1) is 7.09. The molecule has 0 heterocycles. The maximum absolute atomic E-state index is 10.4. The number of benzene rings is 1. The van der Waals surface area contributed by atoms with Crippen LogP contribution in [0.3, 0.4) is 0 Å². The van der Waals surface area contributed by atoms with E-state index in [1.165, 1.54) is 12.8 Å². The highest BCUT2D eigenvalue weighted by Gasteiger charge is 2.29. The van der Waals surface area contributed by atoms with Crippen molar-refractivity contribution >= 4 is 11.6 Å². The van der Waals surface area contributed by atoms with Gasteiger partial charge in [-0.05, 0) is 31.7 Å². The van der Waals surface area contributed by atoms with E-state index in [0.717, 1.165) is 24.3 Å². The predicted molar refractivity (Wildman–Crippen MR) is 63.0 cm³/mol. The van der Waals surface area contributed by atoms with E-state index in [2.05, 4.69) is 0 Å². The van der Waals surface area contributed by atoms with Crippen molar-refractivity contribution in [3.63, 3.8) is 0 Å². The first kappa shape index (κ1) is 11.0. The SMILES string of the molecule is CC(O)(CCC1CC1)c1ccccc1Cl. The minimum Gasteiger partial charge on any atom is -0.385 e. The number of halogens is 1. The van der Waals surface area contributed by atoms with Gasteiger partial charge >= 0.3 is 0 Å². The Balaban J connectivity index is 2.08. The minimum atomic E-state index is -0.777. The molecule has 0 aromatic heterocycles. The summed E-state index contributed by atoms with van der Waals surface area (Å²) in [6.07, 6.45) is 4.58. The molecule has 0 amide bonds. The molecular weight excluding hydrogens is 208 g/mol. The normalized spacial score (nSPS) is 19.9. The van der Waals surface area contributed by atoms with Crippen molar-refractivity contribution in [2.45, 2.75) is 38.2 Å². The molecule has 82 valence electrons. The Kier molecular flexibility index (Phi) is 3.03. The van der Waals surface area contributed by atoms with Gasteiger partial charge in [0.05, 0.1) is 5.60 Å². The number of hydrogen-bond donors (Lipinski definition) is 1. The van der Waals surface area contributed by atoms with E-state index in [1.807, 2.05) is 31.2 Å². The van der Waals surface area contributed by atoms with Crippen molar-refractivity contribution in [1.82, 2.24) is 0 Å². The Hall–Kier alpha value is -0.530. The van der Waals surface area contributed by atoms with Crippen LogP contribution >= 0.6 is 11.6 Å². The summed E-state index contributed by atoms with van der Waals surface area (Å²) in [4.78, 5) is 0. The van der Waals surface area contributed by atoms with Crippen molar-refractivity contribution in [3.05, 3.63) is 34.9 Å². The lowest BCUT2D eigenvalue weighted by molar-refractivity contribution is 0.0441. The van der Waals surface area contributed by atoms with Gasteiger partial charge in [0, 0.05) is 10.6 Å². The van der Waals surface area contributed by atoms with Gasteiger partial charge in [0.2, 0.25) is 0 Å². The van der Waals surface area contributed by atoms with Crippen LogP contribution in [-0.2, 0) is 5.60 Å². The summed E-state index contributed by atoms with van der Waals surface area (Å²) in [6.45, 7) is 1.86. The third-order valence-electron chi connectivity index (χ3n) is 3.19. The molecule has 1 saturated carbocycles. The Bertz CT molecular complexity index is 342. The van der Waals surface area contributed by atoms with Crippen LogP contribution in [0.15, 0.2) is 24.3 Å². The van der Waals surface area contributed by atoms with Crippen molar-refractivity contribution in [2.24, 2.45) is 5.92 Å². The molecule has 1 atom stereocenters. The van der Waals surface area contributed by atoms with E-state index >= 15 is 0 Å². The lowest BCUT2D eigenvalue weighted by atomic mass is 9.90. The maximum atomic E-state index is 10.4. The summed E-state index contributed by atoms with van der Waals surface area (Å²) in [6, 6.07) is 7.56. The summed E-state index contributed by atoms with van der Waals surface area (Å²) < 4.78 is 0. The van der Waals surface area contributed by atoms with Crippen LogP contribution in [-0.4, -0.2) is 5.11 Å². The summed E-state index contributed by atoms with van der Waals surface area (Å²) in [5.41, 5.74) is 0.0771. The van der Waals surface area contributed by atoms with Crippen LogP contribution in [0.4, 0.5) is 0 Å². The zero-order valence-electron chi connectivity index (χ0n) is 9.04. The van der Waals surface area contributed by atoms with Gasteiger partial charge in [-0.1, -0.05) is 42.6 Å². The Morgan fingerprint density at radius 1 is 1.40 bits per heavy atom. The molecule has 2 rings (SSSR count). The molecule has 15 heavy (non-hydrogen) atoms. The number of rotatable bonds is 4. The molecule has 1 nitrogen and oxygen atoms in total. The van der Waals surface area contributed by atoms with Crippen LogP contribution < -0.4 is 0 Å². The zero-order chi connectivity index (χ0) is 10.9. The molecule has 0 spiro atoms. The van der Waals surface area contributed by atoms with Crippen molar-refractivity contribution in [2.75, 3.05) is 0 Å². The number of hydrogen-bond acceptors (Lipinski definition) is 1. The van der Waals surface area contributed by atoms with E-state index in [-0.39, 0.29) is 0 Å². The molecule has 1 unspecified atom stereocenters. The van der Waals surface area contributed by atoms with Gasteiger partial charge in [-0.15, -0.1) is 0 Å². The van der Waals surface area contributed by atoms with Crippen LogP contribution in [0.25, 0.3) is 0 Å². The third-order valence-corrected chi connectivity index (χ3v) is 3.52. The van der Waals surface area contributed by atoms with E-state index in [1.54, 1.807) is 0 Å². The second-order valence-corrected chi connectivity index (χ2v) is 5.14. The average molecular weight is 225 g/mol. The molecule has 0 saturated heterocycles. The fourth-order valence-electron chi connectivity index (χ4n) is 1.92. The lowest BCUT2D eigenvalue weighted by Gasteiger charge is -2.24. The molecule has 2 heteroatoms. The third kappa shape index (κ3) is 2.73. The second kappa shape index (κ2) is 4.15. The topological polar surface area (TPSA) is 20.2 Å². The Labute approximate surface area is 96.1 Å². The van der Waals surface area contributed by atoms with E-state index in [0.29, 0.717) is 5.02 Å². The first-order valence-electron chi connectivity index (χ1n) is 5.57. The fourth-order valence-corrected chi connectivity index (χ4v) is 2.26. The fraction of sp³-hybridized carbons (Fsp3) is 0.538. The highest BCUT2D eigenvalue weighted by atomic mass is 35.5.